The van der Waals surface area contributed by atoms with E-state index in [0.717, 1.165) is 18.8 Å². The van der Waals surface area contributed by atoms with Crippen LogP contribution in [-0.2, 0) is 16.1 Å². The Bertz CT molecular complexity index is 401. The second-order valence-electron chi connectivity index (χ2n) is 6.03. The molecule has 0 spiro atoms. The Morgan fingerprint density at radius 1 is 1.58 bits per heavy atom. The number of ether oxygens (including phenoxy) is 2. The van der Waals surface area contributed by atoms with Crippen LogP contribution in [0.1, 0.15) is 39.4 Å². The largest absolute Gasteiger partial charge is 0.372 e. The van der Waals surface area contributed by atoms with Crippen LogP contribution in [0, 0.1) is 0 Å². The van der Waals surface area contributed by atoms with Crippen molar-refractivity contribution < 1.29 is 9.47 Å². The molecule has 1 saturated heterocycles. The summed E-state index contributed by atoms with van der Waals surface area (Å²) in [7, 11) is 0. The van der Waals surface area contributed by atoms with Crippen molar-refractivity contribution in [1.82, 2.24) is 15.1 Å². The highest BCUT2D eigenvalue weighted by Gasteiger charge is 2.28. The highest BCUT2D eigenvalue weighted by molar-refractivity contribution is 4.97. The van der Waals surface area contributed by atoms with E-state index in [4.69, 9.17) is 9.47 Å². The minimum atomic E-state index is -0.106. The fraction of sp³-hybridized carbons (Fsp3) is 0.786. The molecule has 2 rings (SSSR count). The van der Waals surface area contributed by atoms with Gasteiger partial charge in [0.05, 0.1) is 30.6 Å². The van der Waals surface area contributed by atoms with Crippen molar-refractivity contribution in [2.75, 3.05) is 19.7 Å². The first-order chi connectivity index (χ1) is 8.96. The van der Waals surface area contributed by atoms with Gasteiger partial charge < -0.3 is 14.8 Å². The van der Waals surface area contributed by atoms with Crippen molar-refractivity contribution in [3.8, 4) is 0 Å². The summed E-state index contributed by atoms with van der Waals surface area (Å²) in [5.74, 6) is 0. The molecule has 19 heavy (non-hydrogen) atoms. The predicted octanol–water partition coefficient (Wildman–Crippen LogP) is 1.75. The number of nitrogens with one attached hydrogen (secondary N) is 1. The molecule has 5 heteroatoms. The number of aromatic nitrogens is 2. The van der Waals surface area contributed by atoms with Gasteiger partial charge in [-0.1, -0.05) is 0 Å². The number of rotatable bonds is 5. The van der Waals surface area contributed by atoms with Crippen molar-refractivity contribution in [1.29, 1.82) is 0 Å². The standard InChI is InChI=1S/C14H25N3O2/c1-11(2)17-6-5-12(16-17)8-18-9-13-7-15-10-14(3,4)19-13/h5-6,11,13,15H,7-10H2,1-4H3. The first-order valence-corrected chi connectivity index (χ1v) is 6.96. The number of morpholine rings is 1. The lowest BCUT2D eigenvalue weighted by atomic mass is 10.1. The van der Waals surface area contributed by atoms with Gasteiger partial charge in [0, 0.05) is 25.3 Å². The van der Waals surface area contributed by atoms with Crippen molar-refractivity contribution in [2.45, 2.75) is 52.0 Å². The van der Waals surface area contributed by atoms with Crippen molar-refractivity contribution in [3.05, 3.63) is 18.0 Å². The van der Waals surface area contributed by atoms with Gasteiger partial charge in [0.25, 0.3) is 0 Å². The monoisotopic (exact) mass is 267 g/mol. The molecule has 0 saturated carbocycles. The predicted molar refractivity (Wildman–Crippen MR) is 74.1 cm³/mol. The summed E-state index contributed by atoms with van der Waals surface area (Å²) in [4.78, 5) is 0. The number of nitrogens with zero attached hydrogens (tertiary/aromatic N) is 2. The summed E-state index contributed by atoms with van der Waals surface area (Å²) in [5.41, 5.74) is 0.864. The quantitative estimate of drug-likeness (QED) is 0.883. The van der Waals surface area contributed by atoms with E-state index in [0.29, 0.717) is 19.3 Å². The zero-order valence-corrected chi connectivity index (χ0v) is 12.3. The van der Waals surface area contributed by atoms with Gasteiger partial charge in [-0.05, 0) is 33.8 Å². The molecule has 1 aliphatic heterocycles. The van der Waals surface area contributed by atoms with Crippen LogP contribution < -0.4 is 5.32 Å². The SMILES string of the molecule is CC(C)n1ccc(COCC2CNCC(C)(C)O2)n1. The molecule has 0 aliphatic carbocycles. The van der Waals surface area contributed by atoms with Gasteiger partial charge in [-0.3, -0.25) is 4.68 Å². The molecular weight excluding hydrogens is 242 g/mol. The van der Waals surface area contributed by atoms with Crippen LogP contribution in [0.2, 0.25) is 0 Å². The van der Waals surface area contributed by atoms with E-state index in [-0.39, 0.29) is 11.7 Å². The average Bonchev–Trinajstić information content (AvgIpc) is 2.76. The molecule has 1 aromatic rings. The molecule has 1 aromatic heterocycles. The van der Waals surface area contributed by atoms with Crippen LogP contribution in [0.3, 0.4) is 0 Å². The second-order valence-corrected chi connectivity index (χ2v) is 6.03. The molecule has 0 bridgehead atoms. The van der Waals surface area contributed by atoms with Crippen LogP contribution in [0.25, 0.3) is 0 Å². The molecule has 1 fully saturated rings. The maximum absolute atomic E-state index is 5.94. The molecule has 2 heterocycles. The zero-order valence-electron chi connectivity index (χ0n) is 12.3. The molecule has 108 valence electrons. The Morgan fingerprint density at radius 2 is 2.37 bits per heavy atom. The lowest BCUT2D eigenvalue weighted by Gasteiger charge is -2.36. The highest BCUT2D eigenvalue weighted by Crippen LogP contribution is 2.15. The first kappa shape index (κ1) is 14.5. The molecule has 0 aromatic carbocycles. The Balaban J connectivity index is 1.74. The van der Waals surface area contributed by atoms with Crippen LogP contribution in [-0.4, -0.2) is 41.2 Å². The minimum Gasteiger partial charge on any atom is -0.372 e. The second kappa shape index (κ2) is 6.03. The highest BCUT2D eigenvalue weighted by atomic mass is 16.5. The maximum atomic E-state index is 5.94. The summed E-state index contributed by atoms with van der Waals surface area (Å²) < 4.78 is 13.6. The van der Waals surface area contributed by atoms with Gasteiger partial charge in [0.1, 0.15) is 0 Å². The van der Waals surface area contributed by atoms with Gasteiger partial charge in [0.15, 0.2) is 0 Å². The third kappa shape index (κ3) is 4.30. The summed E-state index contributed by atoms with van der Waals surface area (Å²) >= 11 is 0. The Kier molecular flexibility index (Phi) is 4.60. The summed E-state index contributed by atoms with van der Waals surface area (Å²) in [6.07, 6.45) is 2.11. The van der Waals surface area contributed by atoms with E-state index >= 15 is 0 Å². The van der Waals surface area contributed by atoms with Gasteiger partial charge in [-0.15, -0.1) is 0 Å². The van der Waals surface area contributed by atoms with Gasteiger partial charge in [0.2, 0.25) is 0 Å². The van der Waals surface area contributed by atoms with Crippen molar-refractivity contribution in [3.63, 3.8) is 0 Å². The summed E-state index contributed by atoms with van der Waals surface area (Å²) in [6, 6.07) is 2.39. The average molecular weight is 267 g/mol. The Hall–Kier alpha value is -0.910. The minimum absolute atomic E-state index is 0.106. The van der Waals surface area contributed by atoms with Crippen LogP contribution >= 0.6 is 0 Å². The van der Waals surface area contributed by atoms with E-state index < -0.39 is 0 Å². The Morgan fingerprint density at radius 3 is 3.00 bits per heavy atom. The normalized spacial score (nSPS) is 22.9. The van der Waals surface area contributed by atoms with Crippen LogP contribution in [0.5, 0.6) is 0 Å². The topological polar surface area (TPSA) is 48.3 Å². The maximum Gasteiger partial charge on any atom is 0.0940 e. The molecule has 0 amide bonds. The number of hydrogen-bond donors (Lipinski definition) is 1. The molecule has 1 N–H and O–H groups in total. The third-order valence-electron chi connectivity index (χ3n) is 3.15. The fourth-order valence-electron chi connectivity index (χ4n) is 2.20. The van der Waals surface area contributed by atoms with Crippen molar-refractivity contribution in [2.24, 2.45) is 0 Å². The molecular formula is C14H25N3O2. The zero-order chi connectivity index (χ0) is 13.9. The van der Waals surface area contributed by atoms with Crippen LogP contribution in [0.15, 0.2) is 12.3 Å². The van der Waals surface area contributed by atoms with Gasteiger partial charge >= 0.3 is 0 Å². The van der Waals surface area contributed by atoms with E-state index in [1.165, 1.54) is 0 Å². The molecule has 1 unspecified atom stereocenters. The van der Waals surface area contributed by atoms with Gasteiger partial charge in [-0.25, -0.2) is 0 Å². The lowest BCUT2D eigenvalue weighted by molar-refractivity contribution is -0.122. The lowest BCUT2D eigenvalue weighted by Crippen LogP contribution is -2.51. The van der Waals surface area contributed by atoms with E-state index in [9.17, 15) is 0 Å². The molecule has 1 aliphatic rings. The van der Waals surface area contributed by atoms with E-state index in [1.54, 1.807) is 0 Å². The summed E-state index contributed by atoms with van der Waals surface area (Å²) in [5, 5.41) is 7.82. The van der Waals surface area contributed by atoms with Crippen LogP contribution in [0.4, 0.5) is 0 Å². The summed E-state index contributed by atoms with van der Waals surface area (Å²) in [6.45, 7) is 11.3. The first-order valence-electron chi connectivity index (χ1n) is 6.96. The van der Waals surface area contributed by atoms with E-state index in [2.05, 4.69) is 38.1 Å². The fourth-order valence-corrected chi connectivity index (χ4v) is 2.20. The third-order valence-corrected chi connectivity index (χ3v) is 3.15. The molecule has 1 atom stereocenters. The molecule has 5 nitrogen and oxygen atoms in total. The number of hydrogen-bond acceptors (Lipinski definition) is 4. The van der Waals surface area contributed by atoms with Crippen molar-refractivity contribution >= 4 is 0 Å². The van der Waals surface area contributed by atoms with Gasteiger partial charge in [-0.2, -0.15) is 5.10 Å². The smallest absolute Gasteiger partial charge is 0.0940 e. The molecule has 0 radical (unpaired) electrons. The Labute approximate surface area is 115 Å². The van der Waals surface area contributed by atoms with E-state index in [1.807, 2.05) is 16.9 Å².